The van der Waals surface area contributed by atoms with Crippen molar-refractivity contribution < 1.29 is 9.52 Å². The number of piperidine rings is 1. The highest BCUT2D eigenvalue weighted by Gasteiger charge is 2.22. The molecule has 0 amide bonds. The first-order chi connectivity index (χ1) is 11.8. The molecule has 1 aliphatic rings. The van der Waals surface area contributed by atoms with Crippen LogP contribution >= 0.6 is 0 Å². The summed E-state index contributed by atoms with van der Waals surface area (Å²) in [5.41, 5.74) is 3.11. The number of aliphatic hydroxyl groups is 1. The van der Waals surface area contributed by atoms with Gasteiger partial charge in [0.05, 0.1) is 36.2 Å². The highest BCUT2D eigenvalue weighted by Crippen LogP contribution is 2.30. The molecule has 122 valence electrons. The smallest absolute Gasteiger partial charge is 0.225 e. The van der Waals surface area contributed by atoms with Gasteiger partial charge in [0.25, 0.3) is 0 Å². The van der Waals surface area contributed by atoms with Gasteiger partial charge in [-0.2, -0.15) is 0 Å². The second kappa shape index (κ2) is 6.37. The number of nitrogens with zero attached hydrogens (tertiary/aromatic N) is 5. The summed E-state index contributed by atoms with van der Waals surface area (Å²) in [5.74, 6) is 0.609. The fourth-order valence-electron chi connectivity index (χ4n) is 2.91. The Labute approximate surface area is 139 Å². The number of hydrogen-bond donors (Lipinski definition) is 1. The van der Waals surface area contributed by atoms with Crippen molar-refractivity contribution in [3.63, 3.8) is 0 Å². The van der Waals surface area contributed by atoms with E-state index in [1.54, 1.807) is 37.3 Å². The molecule has 0 aromatic carbocycles. The van der Waals surface area contributed by atoms with Crippen molar-refractivity contribution in [3.8, 4) is 22.5 Å². The van der Waals surface area contributed by atoms with Gasteiger partial charge in [-0.1, -0.05) is 0 Å². The highest BCUT2D eigenvalue weighted by molar-refractivity contribution is 5.78. The molecule has 3 aromatic rings. The van der Waals surface area contributed by atoms with E-state index in [0.717, 1.165) is 36.2 Å². The van der Waals surface area contributed by atoms with E-state index in [1.165, 1.54) is 0 Å². The predicted octanol–water partition coefficient (Wildman–Crippen LogP) is 2.15. The van der Waals surface area contributed by atoms with Crippen LogP contribution in [-0.4, -0.2) is 44.2 Å². The summed E-state index contributed by atoms with van der Waals surface area (Å²) in [5, 5.41) is 9.90. The monoisotopic (exact) mass is 323 g/mol. The Hall–Kier alpha value is -2.80. The van der Waals surface area contributed by atoms with Gasteiger partial charge in [-0.3, -0.25) is 9.97 Å². The Balaban J connectivity index is 1.78. The Bertz CT molecular complexity index is 807. The number of hydrogen-bond acceptors (Lipinski definition) is 7. The van der Waals surface area contributed by atoms with E-state index in [-0.39, 0.29) is 6.10 Å². The Morgan fingerprint density at radius 3 is 2.92 bits per heavy atom. The van der Waals surface area contributed by atoms with Crippen molar-refractivity contribution in [2.75, 3.05) is 18.0 Å². The largest absolute Gasteiger partial charge is 0.472 e. The van der Waals surface area contributed by atoms with Crippen LogP contribution in [0.15, 0.2) is 47.8 Å². The van der Waals surface area contributed by atoms with Gasteiger partial charge in [-0.05, 0) is 18.9 Å². The Morgan fingerprint density at radius 2 is 2.17 bits per heavy atom. The maximum atomic E-state index is 9.90. The highest BCUT2D eigenvalue weighted by atomic mass is 16.3. The summed E-state index contributed by atoms with van der Waals surface area (Å²) in [6.45, 7) is 1.39. The normalized spacial score (nSPS) is 17.9. The first-order valence-corrected chi connectivity index (χ1v) is 7.90. The van der Waals surface area contributed by atoms with Gasteiger partial charge in [0.2, 0.25) is 5.95 Å². The zero-order valence-electron chi connectivity index (χ0n) is 13.0. The van der Waals surface area contributed by atoms with Crippen LogP contribution < -0.4 is 4.90 Å². The summed E-state index contributed by atoms with van der Waals surface area (Å²) in [4.78, 5) is 19.7. The van der Waals surface area contributed by atoms with E-state index in [1.807, 2.05) is 11.0 Å². The number of anilines is 1. The van der Waals surface area contributed by atoms with Crippen molar-refractivity contribution in [2.45, 2.75) is 18.9 Å². The number of aliphatic hydroxyl groups excluding tert-OH is 1. The Morgan fingerprint density at radius 1 is 1.21 bits per heavy atom. The molecule has 0 spiro atoms. The van der Waals surface area contributed by atoms with Crippen LogP contribution in [0.2, 0.25) is 0 Å². The van der Waals surface area contributed by atoms with Crippen molar-refractivity contribution in [3.05, 3.63) is 43.4 Å². The van der Waals surface area contributed by atoms with Crippen LogP contribution in [0, 0.1) is 0 Å². The van der Waals surface area contributed by atoms with Gasteiger partial charge in [0, 0.05) is 42.8 Å². The molecule has 0 bridgehead atoms. The average Bonchev–Trinajstić information content (AvgIpc) is 3.16. The minimum absolute atomic E-state index is 0.334. The molecule has 4 heterocycles. The molecule has 1 N–H and O–H groups in total. The fraction of sp³-hybridized carbons (Fsp3) is 0.294. The summed E-state index contributed by atoms with van der Waals surface area (Å²) in [7, 11) is 0. The quantitative estimate of drug-likeness (QED) is 0.790. The molecule has 0 unspecified atom stereocenters. The molecule has 24 heavy (non-hydrogen) atoms. The van der Waals surface area contributed by atoms with Crippen LogP contribution in [0.1, 0.15) is 12.8 Å². The molecular weight excluding hydrogens is 306 g/mol. The standard InChI is InChI=1S/C17H17N5O2/c23-13-2-1-6-22(10-13)17-20-8-14(15-9-18-4-5-19-15)16(21-17)12-3-7-24-11-12/h3-5,7-9,11,13,23H,1-2,6,10H2/t13-/m1/s1. The summed E-state index contributed by atoms with van der Waals surface area (Å²) >= 11 is 0. The van der Waals surface area contributed by atoms with Crippen molar-refractivity contribution >= 4 is 5.95 Å². The molecule has 1 fully saturated rings. The van der Waals surface area contributed by atoms with Crippen LogP contribution in [-0.2, 0) is 0 Å². The maximum absolute atomic E-state index is 9.90. The van der Waals surface area contributed by atoms with Gasteiger partial charge >= 0.3 is 0 Å². The minimum atomic E-state index is -0.334. The molecule has 1 atom stereocenters. The molecule has 7 nitrogen and oxygen atoms in total. The number of furan rings is 1. The lowest BCUT2D eigenvalue weighted by Crippen LogP contribution is -2.39. The lowest BCUT2D eigenvalue weighted by molar-refractivity contribution is 0.153. The molecule has 4 rings (SSSR count). The second-order valence-electron chi connectivity index (χ2n) is 5.78. The van der Waals surface area contributed by atoms with E-state index in [4.69, 9.17) is 9.40 Å². The molecule has 0 radical (unpaired) electrons. The van der Waals surface area contributed by atoms with Crippen LogP contribution in [0.25, 0.3) is 22.5 Å². The molecule has 0 aliphatic carbocycles. The minimum Gasteiger partial charge on any atom is -0.472 e. The summed E-state index contributed by atoms with van der Waals surface area (Å²) in [6.07, 6.45) is 11.4. The molecule has 0 saturated carbocycles. The van der Waals surface area contributed by atoms with Crippen molar-refractivity contribution in [1.82, 2.24) is 19.9 Å². The van der Waals surface area contributed by atoms with Crippen molar-refractivity contribution in [1.29, 1.82) is 0 Å². The van der Waals surface area contributed by atoms with Gasteiger partial charge in [0.1, 0.15) is 0 Å². The first-order valence-electron chi connectivity index (χ1n) is 7.90. The molecule has 3 aromatic heterocycles. The van der Waals surface area contributed by atoms with E-state index >= 15 is 0 Å². The van der Waals surface area contributed by atoms with Crippen LogP contribution in [0.5, 0.6) is 0 Å². The van der Waals surface area contributed by atoms with Gasteiger partial charge in [-0.25, -0.2) is 9.97 Å². The van der Waals surface area contributed by atoms with Gasteiger partial charge < -0.3 is 14.4 Å². The second-order valence-corrected chi connectivity index (χ2v) is 5.78. The van der Waals surface area contributed by atoms with Crippen LogP contribution in [0.4, 0.5) is 5.95 Å². The number of rotatable bonds is 3. The molecule has 7 heteroatoms. The Kier molecular flexibility index (Phi) is 3.92. The predicted molar refractivity (Wildman–Crippen MR) is 88.2 cm³/mol. The summed E-state index contributed by atoms with van der Waals surface area (Å²) in [6, 6.07) is 1.86. The van der Waals surface area contributed by atoms with E-state index in [0.29, 0.717) is 18.2 Å². The van der Waals surface area contributed by atoms with E-state index < -0.39 is 0 Å². The zero-order valence-corrected chi connectivity index (χ0v) is 13.0. The van der Waals surface area contributed by atoms with E-state index in [9.17, 15) is 5.11 Å². The third-order valence-electron chi connectivity index (χ3n) is 4.09. The van der Waals surface area contributed by atoms with E-state index in [2.05, 4.69) is 15.0 Å². The van der Waals surface area contributed by atoms with Crippen molar-refractivity contribution in [2.24, 2.45) is 0 Å². The topological polar surface area (TPSA) is 88.2 Å². The molecular formula is C17H17N5O2. The molecule has 1 aliphatic heterocycles. The fourth-order valence-corrected chi connectivity index (χ4v) is 2.91. The summed E-state index contributed by atoms with van der Waals surface area (Å²) < 4.78 is 5.21. The zero-order chi connectivity index (χ0) is 16.4. The average molecular weight is 323 g/mol. The van der Waals surface area contributed by atoms with Gasteiger partial charge in [-0.15, -0.1) is 0 Å². The molecule has 1 saturated heterocycles. The third kappa shape index (κ3) is 2.85. The van der Waals surface area contributed by atoms with Gasteiger partial charge in [0.15, 0.2) is 0 Å². The lowest BCUT2D eigenvalue weighted by atomic mass is 10.1. The maximum Gasteiger partial charge on any atom is 0.225 e. The number of β-amino-alcohol motifs (C(OH)–C–C–N with tert-alkyl or cyclic N) is 1. The third-order valence-corrected chi connectivity index (χ3v) is 4.09. The first kappa shape index (κ1) is 14.8. The van der Waals surface area contributed by atoms with Crippen LogP contribution in [0.3, 0.4) is 0 Å². The SMILES string of the molecule is O[C@@H]1CCCN(c2ncc(-c3cnccn3)c(-c3ccoc3)n2)C1. The number of aromatic nitrogens is 4. The lowest BCUT2D eigenvalue weighted by Gasteiger charge is -2.30.